The van der Waals surface area contributed by atoms with Gasteiger partial charge in [0.1, 0.15) is 18.4 Å². The molecule has 2 aromatic carbocycles. The molecule has 1 aliphatic rings. The van der Waals surface area contributed by atoms with Crippen LogP contribution in [0.15, 0.2) is 54.6 Å². The van der Waals surface area contributed by atoms with Crippen molar-refractivity contribution in [2.75, 3.05) is 27.2 Å². The van der Waals surface area contributed by atoms with Crippen molar-refractivity contribution in [2.45, 2.75) is 45.8 Å². The summed E-state index contributed by atoms with van der Waals surface area (Å²) in [5.41, 5.74) is 1.39. The van der Waals surface area contributed by atoms with E-state index in [-0.39, 0.29) is 17.9 Å². The number of benzene rings is 2. The lowest BCUT2D eigenvalue weighted by molar-refractivity contribution is -0.141. The quantitative estimate of drug-likeness (QED) is 0.754. The Bertz CT molecular complexity index is 921. The fraction of sp³-hybridized carbons (Fsp3) is 0.462. The molecule has 0 saturated heterocycles. The standard InChI is InChI=1S/C26H35N3O3/c1-26(2,3)25(31)27-22(15-19-11-7-6-8-12-19)24(30)29-16-20-13-9-10-14-23(20)32-18-21(29)17-28(4)5/h6-14,21-22H,15-18H2,1-5H3,(H,27,31). The first-order valence-corrected chi connectivity index (χ1v) is 11.2. The van der Waals surface area contributed by atoms with Crippen LogP contribution in [0.2, 0.25) is 0 Å². The van der Waals surface area contributed by atoms with Crippen molar-refractivity contribution in [1.29, 1.82) is 0 Å². The maximum absolute atomic E-state index is 14.0. The van der Waals surface area contributed by atoms with Crippen LogP contribution in [0.25, 0.3) is 0 Å². The number of rotatable bonds is 6. The van der Waals surface area contributed by atoms with Crippen LogP contribution in [-0.2, 0) is 22.6 Å². The summed E-state index contributed by atoms with van der Waals surface area (Å²) in [5, 5.41) is 3.04. The van der Waals surface area contributed by atoms with Gasteiger partial charge in [-0.15, -0.1) is 0 Å². The summed E-state index contributed by atoms with van der Waals surface area (Å²) in [6, 6.07) is 16.9. The third kappa shape index (κ3) is 6.10. The van der Waals surface area contributed by atoms with Crippen LogP contribution in [0, 0.1) is 5.41 Å². The molecule has 172 valence electrons. The molecule has 1 N–H and O–H groups in total. The Balaban J connectivity index is 1.93. The molecular weight excluding hydrogens is 402 g/mol. The van der Waals surface area contributed by atoms with Crippen molar-refractivity contribution in [3.63, 3.8) is 0 Å². The summed E-state index contributed by atoms with van der Waals surface area (Å²) in [4.78, 5) is 30.8. The number of amides is 2. The van der Waals surface area contributed by atoms with Gasteiger partial charge in [-0.05, 0) is 25.7 Å². The molecule has 2 unspecified atom stereocenters. The van der Waals surface area contributed by atoms with Crippen LogP contribution in [0.3, 0.4) is 0 Å². The molecule has 0 spiro atoms. The molecule has 1 aliphatic heterocycles. The second-order valence-electron chi connectivity index (χ2n) is 9.77. The highest BCUT2D eigenvalue weighted by molar-refractivity contribution is 5.90. The van der Waals surface area contributed by atoms with Crippen LogP contribution < -0.4 is 10.1 Å². The number of carbonyl (C=O) groups is 2. The summed E-state index contributed by atoms with van der Waals surface area (Å²) < 4.78 is 6.07. The third-order valence-electron chi connectivity index (χ3n) is 5.61. The van der Waals surface area contributed by atoms with E-state index >= 15 is 0 Å². The summed E-state index contributed by atoms with van der Waals surface area (Å²) in [6.07, 6.45) is 0.440. The van der Waals surface area contributed by atoms with Gasteiger partial charge < -0.3 is 19.9 Å². The van der Waals surface area contributed by atoms with Gasteiger partial charge in [0, 0.05) is 30.5 Å². The predicted molar refractivity (Wildman–Crippen MR) is 126 cm³/mol. The fourth-order valence-electron chi connectivity index (χ4n) is 3.82. The zero-order valence-corrected chi connectivity index (χ0v) is 19.8. The van der Waals surface area contributed by atoms with E-state index in [2.05, 4.69) is 10.2 Å². The van der Waals surface area contributed by atoms with Crippen molar-refractivity contribution < 1.29 is 14.3 Å². The summed E-state index contributed by atoms with van der Waals surface area (Å²) >= 11 is 0. The van der Waals surface area contributed by atoms with Gasteiger partial charge in [-0.1, -0.05) is 69.3 Å². The Kier molecular flexibility index (Phi) is 7.56. The van der Waals surface area contributed by atoms with Crippen molar-refractivity contribution >= 4 is 11.8 Å². The second-order valence-corrected chi connectivity index (χ2v) is 9.77. The van der Waals surface area contributed by atoms with Gasteiger partial charge in [0.25, 0.3) is 0 Å². The smallest absolute Gasteiger partial charge is 0.246 e. The molecule has 0 bridgehead atoms. The Morgan fingerprint density at radius 3 is 2.41 bits per heavy atom. The highest BCUT2D eigenvalue weighted by Gasteiger charge is 2.35. The van der Waals surface area contributed by atoms with Crippen molar-refractivity contribution in [1.82, 2.24) is 15.1 Å². The van der Waals surface area contributed by atoms with Crippen LogP contribution >= 0.6 is 0 Å². The van der Waals surface area contributed by atoms with Gasteiger partial charge in [0.2, 0.25) is 11.8 Å². The molecule has 32 heavy (non-hydrogen) atoms. The Morgan fingerprint density at radius 2 is 1.75 bits per heavy atom. The number of carbonyl (C=O) groups excluding carboxylic acids is 2. The van der Waals surface area contributed by atoms with E-state index in [1.807, 2.05) is 94.4 Å². The molecule has 0 aromatic heterocycles. The summed E-state index contributed by atoms with van der Waals surface area (Å²) in [7, 11) is 3.98. The second kappa shape index (κ2) is 10.2. The van der Waals surface area contributed by atoms with Crippen molar-refractivity contribution in [3.05, 3.63) is 65.7 Å². The van der Waals surface area contributed by atoms with Gasteiger partial charge in [0.05, 0.1) is 6.04 Å². The number of para-hydroxylation sites is 1. The molecule has 0 fully saturated rings. The predicted octanol–water partition coefficient (Wildman–Crippen LogP) is 3.11. The van der Waals surface area contributed by atoms with Crippen LogP contribution in [0.4, 0.5) is 0 Å². The van der Waals surface area contributed by atoms with Crippen LogP contribution in [0.5, 0.6) is 5.75 Å². The molecule has 0 aliphatic carbocycles. The van der Waals surface area contributed by atoms with E-state index in [1.165, 1.54) is 0 Å². The molecular formula is C26H35N3O3. The molecule has 6 heteroatoms. The Labute approximate surface area is 191 Å². The first-order chi connectivity index (χ1) is 15.1. The first-order valence-electron chi connectivity index (χ1n) is 11.2. The van der Waals surface area contributed by atoms with E-state index in [4.69, 9.17) is 4.74 Å². The summed E-state index contributed by atoms with van der Waals surface area (Å²) in [5.74, 6) is 0.589. The lowest BCUT2D eigenvalue weighted by atomic mass is 9.94. The van der Waals surface area contributed by atoms with Crippen LogP contribution in [0.1, 0.15) is 31.9 Å². The number of nitrogens with one attached hydrogen (secondary N) is 1. The molecule has 0 saturated carbocycles. The molecule has 2 aromatic rings. The number of hydrogen-bond donors (Lipinski definition) is 1. The number of fused-ring (bicyclic) bond motifs is 1. The minimum atomic E-state index is -0.654. The molecule has 0 radical (unpaired) electrons. The van der Waals surface area contributed by atoms with Crippen molar-refractivity contribution in [3.8, 4) is 5.75 Å². The van der Waals surface area contributed by atoms with Crippen LogP contribution in [-0.4, -0.2) is 60.9 Å². The zero-order chi connectivity index (χ0) is 23.3. The van der Waals surface area contributed by atoms with Gasteiger partial charge in [-0.2, -0.15) is 0 Å². The van der Waals surface area contributed by atoms with Gasteiger partial charge in [-0.25, -0.2) is 0 Å². The monoisotopic (exact) mass is 437 g/mol. The Hall–Kier alpha value is -2.86. The zero-order valence-electron chi connectivity index (χ0n) is 19.8. The number of likely N-dealkylation sites (N-methyl/N-ethyl adjacent to an activating group) is 1. The average molecular weight is 438 g/mol. The SMILES string of the molecule is CN(C)CC1COc2ccccc2CN1C(=O)C(Cc1ccccc1)NC(=O)C(C)(C)C. The number of ether oxygens (including phenoxy) is 1. The van der Waals surface area contributed by atoms with Gasteiger partial charge in [0.15, 0.2) is 0 Å². The minimum Gasteiger partial charge on any atom is -0.491 e. The van der Waals surface area contributed by atoms with Crippen molar-refractivity contribution in [2.24, 2.45) is 5.41 Å². The number of nitrogens with zero attached hydrogens (tertiary/aromatic N) is 2. The van der Waals surface area contributed by atoms with Gasteiger partial charge in [-0.3, -0.25) is 9.59 Å². The molecule has 6 nitrogen and oxygen atoms in total. The Morgan fingerprint density at radius 1 is 1.09 bits per heavy atom. The third-order valence-corrected chi connectivity index (χ3v) is 5.61. The maximum Gasteiger partial charge on any atom is 0.246 e. The van der Waals surface area contributed by atoms with E-state index in [0.29, 0.717) is 26.1 Å². The summed E-state index contributed by atoms with van der Waals surface area (Å²) in [6.45, 7) is 7.10. The highest BCUT2D eigenvalue weighted by atomic mass is 16.5. The lowest BCUT2D eigenvalue weighted by Crippen LogP contribution is -2.56. The maximum atomic E-state index is 14.0. The van der Waals surface area contributed by atoms with E-state index < -0.39 is 11.5 Å². The normalized spacial score (nSPS) is 17.2. The van der Waals surface area contributed by atoms with E-state index in [0.717, 1.165) is 16.9 Å². The molecule has 3 rings (SSSR count). The van der Waals surface area contributed by atoms with E-state index in [9.17, 15) is 9.59 Å². The van der Waals surface area contributed by atoms with Gasteiger partial charge >= 0.3 is 0 Å². The highest BCUT2D eigenvalue weighted by Crippen LogP contribution is 2.26. The minimum absolute atomic E-state index is 0.0846. The molecule has 1 heterocycles. The topological polar surface area (TPSA) is 61.9 Å². The molecule has 2 atom stereocenters. The fourth-order valence-corrected chi connectivity index (χ4v) is 3.82. The molecule has 2 amide bonds. The lowest BCUT2D eigenvalue weighted by Gasteiger charge is -2.35. The number of hydrogen-bond acceptors (Lipinski definition) is 4. The average Bonchev–Trinajstić information content (AvgIpc) is 2.92. The van der Waals surface area contributed by atoms with E-state index in [1.54, 1.807) is 0 Å². The largest absolute Gasteiger partial charge is 0.491 e. The first kappa shape index (κ1) is 23.8.